The van der Waals surface area contributed by atoms with E-state index >= 15 is 19.2 Å². The van der Waals surface area contributed by atoms with Crippen molar-refractivity contribution < 1.29 is 19.2 Å². The number of fused-ring (bicyclic) bond motifs is 8. The predicted octanol–water partition coefficient (Wildman–Crippen LogP) is 22.0. The van der Waals surface area contributed by atoms with E-state index in [-0.39, 0.29) is 42.1 Å². The molecule has 0 saturated carbocycles. The van der Waals surface area contributed by atoms with Crippen molar-refractivity contribution in [2.75, 3.05) is 36.0 Å². The van der Waals surface area contributed by atoms with E-state index in [2.05, 4.69) is 123 Å². The van der Waals surface area contributed by atoms with Crippen molar-refractivity contribution in [3.05, 3.63) is 107 Å². The van der Waals surface area contributed by atoms with Gasteiger partial charge >= 0.3 is 0 Å². The largest absolute Gasteiger partial charge is 0.371 e. The van der Waals surface area contributed by atoms with Gasteiger partial charge in [0.15, 0.2) is 0 Å². The summed E-state index contributed by atoms with van der Waals surface area (Å²) in [6.07, 6.45) is 31.6. The minimum atomic E-state index is -0.227. The number of benzene rings is 10. The van der Waals surface area contributed by atoms with Gasteiger partial charge in [0.25, 0.3) is 17.7 Å². The molecule has 0 radical (unpaired) electrons. The maximum absolute atomic E-state index is 15.8. The molecule has 0 aliphatic carbocycles. The summed E-state index contributed by atoms with van der Waals surface area (Å²) in [6.45, 7) is 23.4. The molecule has 2 fully saturated rings. The number of unbranched alkanes of at least 4 members (excludes halogenated alkanes) is 14. The molecule has 10 aromatic rings. The van der Waals surface area contributed by atoms with Crippen molar-refractivity contribution in [2.24, 2.45) is 0 Å². The van der Waals surface area contributed by atoms with Crippen molar-refractivity contribution >= 4 is 144 Å². The van der Waals surface area contributed by atoms with E-state index in [0.29, 0.717) is 16.7 Å². The van der Waals surface area contributed by atoms with E-state index in [0.717, 1.165) is 225 Å². The van der Waals surface area contributed by atoms with Gasteiger partial charge in [-0.3, -0.25) is 29.0 Å². The Hall–Kier alpha value is -7.32. The molecule has 4 heterocycles. The lowest BCUT2D eigenvalue weighted by Gasteiger charge is -2.37. The Balaban J connectivity index is 0.00000390. The number of rotatable bonds is 26. The third kappa shape index (κ3) is 11.1. The third-order valence-electron chi connectivity index (χ3n) is 22.5. The molecule has 0 aromatic heterocycles. The van der Waals surface area contributed by atoms with E-state index in [4.69, 9.17) is 6.58 Å². The highest BCUT2D eigenvalue weighted by molar-refractivity contribution is 6.46. The van der Waals surface area contributed by atoms with Gasteiger partial charge < -0.3 is 9.80 Å². The number of carbonyl (C=O) groups is 4. The van der Waals surface area contributed by atoms with E-state index in [1.807, 2.05) is 13.8 Å². The van der Waals surface area contributed by atoms with Crippen LogP contribution in [0.1, 0.15) is 254 Å². The van der Waals surface area contributed by atoms with Crippen LogP contribution in [0.5, 0.6) is 0 Å². The molecule has 486 valence electrons. The van der Waals surface area contributed by atoms with Gasteiger partial charge in [-0.2, -0.15) is 0 Å². The van der Waals surface area contributed by atoms with Crippen LogP contribution in [0.15, 0.2) is 79.4 Å². The van der Waals surface area contributed by atoms with Gasteiger partial charge in [0.1, 0.15) is 0 Å². The Morgan fingerprint density at radius 3 is 1.27 bits per heavy atom. The third-order valence-corrected chi connectivity index (χ3v) is 22.5. The zero-order valence-corrected chi connectivity index (χ0v) is 57.4. The molecule has 0 N–H and O–H groups in total. The van der Waals surface area contributed by atoms with Crippen LogP contribution in [0.4, 0.5) is 11.4 Å². The second-order valence-corrected chi connectivity index (χ2v) is 28.1. The monoisotopic (exact) mass is 1240 g/mol. The van der Waals surface area contributed by atoms with Crippen molar-refractivity contribution in [3.63, 3.8) is 0 Å². The summed E-state index contributed by atoms with van der Waals surface area (Å²) < 4.78 is 0. The summed E-state index contributed by atoms with van der Waals surface area (Å²) in [5.41, 5.74) is 5.58. The number of hydrogen-bond acceptors (Lipinski definition) is 6. The Bertz CT molecular complexity index is 4510. The topological polar surface area (TPSA) is 81.2 Å². The maximum atomic E-state index is 15.8. The van der Waals surface area contributed by atoms with E-state index in [1.165, 1.54) is 98.8 Å². The van der Waals surface area contributed by atoms with Crippen LogP contribution in [0.2, 0.25) is 0 Å². The van der Waals surface area contributed by atoms with Gasteiger partial charge in [-0.25, -0.2) is 0 Å². The van der Waals surface area contributed by atoms with Gasteiger partial charge in [0.2, 0.25) is 5.91 Å². The number of piperidine rings is 1. The Morgan fingerprint density at radius 1 is 0.398 bits per heavy atom. The first-order valence-corrected chi connectivity index (χ1v) is 37.3. The minimum Gasteiger partial charge on any atom is -0.371 e. The summed E-state index contributed by atoms with van der Waals surface area (Å²) in [6, 6.07) is 27.6. The van der Waals surface area contributed by atoms with Crippen LogP contribution in [0.3, 0.4) is 0 Å². The fraction of sp³-hybridized carbons (Fsp3) is 0.482. The predicted molar refractivity (Wildman–Crippen MR) is 398 cm³/mol. The summed E-state index contributed by atoms with van der Waals surface area (Å²) in [4.78, 5) is 70.3. The summed E-state index contributed by atoms with van der Waals surface area (Å²) in [5.74, 6) is -0.538. The van der Waals surface area contributed by atoms with Crippen LogP contribution < -0.4 is 15.0 Å². The molecule has 93 heavy (non-hydrogen) atoms. The lowest BCUT2D eigenvalue weighted by Crippen LogP contribution is -2.48. The molecular formula is C85H102N4O4. The number of carbonyl (C=O) groups excluding carboxylic acids is 4. The number of imide groups is 2. The fourth-order valence-electron chi connectivity index (χ4n) is 18.0. The van der Waals surface area contributed by atoms with Crippen molar-refractivity contribution in [1.29, 1.82) is 0 Å². The van der Waals surface area contributed by atoms with Crippen LogP contribution >= 0.6 is 0 Å². The van der Waals surface area contributed by atoms with Gasteiger partial charge in [0, 0.05) is 66.0 Å². The Morgan fingerprint density at radius 2 is 0.774 bits per heavy atom. The second-order valence-electron chi connectivity index (χ2n) is 28.1. The highest BCUT2D eigenvalue weighted by atomic mass is 16.2. The summed E-state index contributed by atoms with van der Waals surface area (Å²) in [7, 11) is 0. The molecule has 4 amide bonds. The van der Waals surface area contributed by atoms with Gasteiger partial charge in [-0.15, -0.1) is 0 Å². The first-order valence-electron chi connectivity index (χ1n) is 37.3. The van der Waals surface area contributed by atoms with Crippen molar-refractivity contribution in [2.45, 2.75) is 240 Å². The SMILES string of the molecule is C=C1C(=O)N(C(CCCCCC)CCCCCCCC)C(=O)c2c(N3CCCC3)cc3c(c21)/c(=C\C)c1ccc2c4ccc5c6ccc7c8c(c(N9CCCCC9)cc(c9ccc(c%10ccc3c1c2%10)c4c59)c86)CC(=O)N(C(CCCCCC)CCCCCC)C7=O.CC. The van der Waals surface area contributed by atoms with Gasteiger partial charge in [-0.1, -0.05) is 224 Å². The summed E-state index contributed by atoms with van der Waals surface area (Å²) in [5, 5.41) is 21.8. The molecule has 0 bridgehead atoms. The second kappa shape index (κ2) is 27.9. The molecule has 1 unspecified atom stereocenters. The number of anilines is 2. The average Bonchev–Trinajstić information content (AvgIpc) is 1.16. The molecule has 14 rings (SSSR count). The smallest absolute Gasteiger partial charge is 0.263 e. The molecule has 2 saturated heterocycles. The molecule has 1 atom stereocenters. The zero-order valence-electron chi connectivity index (χ0n) is 57.4. The molecule has 10 aromatic carbocycles. The Labute approximate surface area is 552 Å². The average molecular weight is 1240 g/mol. The normalized spacial score (nSPS) is 16.3. The van der Waals surface area contributed by atoms with Gasteiger partial charge in [0.05, 0.1) is 17.7 Å². The highest BCUT2D eigenvalue weighted by Crippen LogP contribution is 2.53. The number of hydrogen-bond donors (Lipinski definition) is 0. The first-order chi connectivity index (χ1) is 45.6. The van der Waals surface area contributed by atoms with E-state index in [1.54, 1.807) is 9.80 Å². The van der Waals surface area contributed by atoms with Crippen LogP contribution in [-0.2, 0) is 16.0 Å². The van der Waals surface area contributed by atoms with Crippen molar-refractivity contribution in [1.82, 2.24) is 9.80 Å². The quantitative estimate of drug-likeness (QED) is 0.0177. The minimum absolute atomic E-state index is 0.0462. The maximum Gasteiger partial charge on any atom is 0.263 e. The standard InChI is InChI=1S/C83H96N4O4.C2H6/c1-7-12-16-20-21-26-34-54(33-25-19-15-10-4)87-81(89)52(6)72-73-55(11-5)56-35-36-57-58-37-38-61-62-43-44-65-79-68(51-71(88)86(82(65)90)53(31-23-17-13-8-2)32-24-18-14-9-3)69(84-45-27-22-28-46-84)49-66(78(62)79)63-41-39-60(76(58)77(61)63)59-40-42-64(74(56)75(57)59)67(73)50-70(80(72)83(87)91)85-47-29-30-48-85;1-2/h11,35-44,49-50,53-54H,6-10,12-34,45-48,51H2,1-5H3;1-2H3/b55-11-;. The van der Waals surface area contributed by atoms with Crippen LogP contribution in [-0.4, -0.2) is 71.7 Å². The molecule has 8 heteroatoms. The summed E-state index contributed by atoms with van der Waals surface area (Å²) >= 11 is 0. The molecular weight excluding hydrogens is 1140 g/mol. The molecule has 4 aliphatic heterocycles. The first kappa shape index (κ1) is 64.4. The van der Waals surface area contributed by atoms with E-state index < -0.39 is 0 Å². The zero-order chi connectivity index (χ0) is 64.6. The number of amides is 4. The number of nitrogens with zero attached hydrogens (tertiary/aromatic N) is 4. The molecule has 4 aliphatic rings. The van der Waals surface area contributed by atoms with Gasteiger partial charge in [-0.05, 0) is 185 Å². The fourth-order valence-corrected chi connectivity index (χ4v) is 18.0. The lowest BCUT2D eigenvalue weighted by molar-refractivity contribution is -0.130. The van der Waals surface area contributed by atoms with Crippen LogP contribution in [0.25, 0.3) is 109 Å². The lowest BCUT2D eigenvalue weighted by atomic mass is 9.79. The molecule has 8 nitrogen and oxygen atoms in total. The molecule has 0 spiro atoms. The van der Waals surface area contributed by atoms with Crippen molar-refractivity contribution in [3.8, 4) is 0 Å². The Kier molecular flexibility index (Phi) is 19.3. The van der Waals surface area contributed by atoms with E-state index in [9.17, 15) is 0 Å². The van der Waals surface area contributed by atoms with Crippen LogP contribution in [0, 0.1) is 0 Å². The highest BCUT2D eigenvalue weighted by Gasteiger charge is 2.43.